The van der Waals surface area contributed by atoms with E-state index in [2.05, 4.69) is 4.72 Å². The first kappa shape index (κ1) is 15.7. The first-order valence-electron chi connectivity index (χ1n) is 5.86. The molecule has 1 aromatic carbocycles. The van der Waals surface area contributed by atoms with E-state index in [0.717, 1.165) is 12.1 Å². The summed E-state index contributed by atoms with van der Waals surface area (Å²) in [5.74, 6) is 1.17. The third-order valence-corrected chi connectivity index (χ3v) is 5.04. The molecule has 3 N–H and O–H groups in total. The lowest BCUT2D eigenvalue weighted by molar-refractivity contribution is 0.475. The van der Waals surface area contributed by atoms with Crippen LogP contribution in [0.5, 0.6) is 0 Å². The molecule has 21 heavy (non-hydrogen) atoms. The first-order chi connectivity index (χ1) is 9.68. The number of sulfonamides is 2. The molecule has 0 saturated carbocycles. The van der Waals surface area contributed by atoms with E-state index < -0.39 is 20.0 Å². The van der Waals surface area contributed by atoms with E-state index in [9.17, 15) is 16.8 Å². The number of aryl methyl sites for hydroxylation is 1. The monoisotopic (exact) mass is 330 g/mol. The van der Waals surface area contributed by atoms with Crippen molar-refractivity contribution >= 4 is 20.0 Å². The van der Waals surface area contributed by atoms with Crippen LogP contribution < -0.4 is 9.86 Å². The molecule has 9 heteroatoms. The Morgan fingerprint density at radius 1 is 1.00 bits per heavy atom. The van der Waals surface area contributed by atoms with E-state index in [4.69, 9.17) is 9.56 Å². The number of furan rings is 1. The molecule has 1 heterocycles. The lowest BCUT2D eigenvalue weighted by Crippen LogP contribution is -2.23. The van der Waals surface area contributed by atoms with Crippen molar-refractivity contribution in [2.45, 2.75) is 23.3 Å². The van der Waals surface area contributed by atoms with Crippen molar-refractivity contribution in [3.8, 4) is 0 Å². The van der Waals surface area contributed by atoms with Gasteiger partial charge in [0.1, 0.15) is 11.5 Å². The number of rotatable bonds is 5. The summed E-state index contributed by atoms with van der Waals surface area (Å²) in [5, 5.41) is 4.95. The van der Waals surface area contributed by atoms with Gasteiger partial charge in [-0.2, -0.15) is 0 Å². The number of hydrogen-bond donors (Lipinski definition) is 2. The molecule has 0 saturated heterocycles. The van der Waals surface area contributed by atoms with Gasteiger partial charge in [0.25, 0.3) is 0 Å². The molecule has 7 nitrogen and oxygen atoms in total. The van der Waals surface area contributed by atoms with Gasteiger partial charge in [-0.25, -0.2) is 26.7 Å². The molecule has 0 aliphatic rings. The minimum Gasteiger partial charge on any atom is -0.465 e. The van der Waals surface area contributed by atoms with Gasteiger partial charge in [0.2, 0.25) is 20.0 Å². The normalized spacial score (nSPS) is 12.5. The zero-order valence-electron chi connectivity index (χ0n) is 11.1. The van der Waals surface area contributed by atoms with Crippen molar-refractivity contribution < 1.29 is 21.3 Å². The Balaban J connectivity index is 2.16. The Morgan fingerprint density at radius 2 is 1.57 bits per heavy atom. The van der Waals surface area contributed by atoms with Crippen molar-refractivity contribution in [3.05, 3.63) is 47.9 Å². The van der Waals surface area contributed by atoms with E-state index in [1.54, 1.807) is 19.1 Å². The van der Waals surface area contributed by atoms with Gasteiger partial charge in [-0.05, 0) is 43.3 Å². The van der Waals surface area contributed by atoms with E-state index in [1.807, 2.05) is 0 Å². The van der Waals surface area contributed by atoms with Crippen molar-refractivity contribution in [2.75, 3.05) is 0 Å². The molecule has 0 amide bonds. The Bertz CT molecular complexity index is 836. The van der Waals surface area contributed by atoms with Crippen LogP contribution in [0.1, 0.15) is 11.5 Å². The molecule has 0 spiro atoms. The van der Waals surface area contributed by atoms with Gasteiger partial charge in [-0.15, -0.1) is 0 Å². The fraction of sp³-hybridized carbons (Fsp3) is 0.167. The predicted octanol–water partition coefficient (Wildman–Crippen LogP) is 0.714. The summed E-state index contributed by atoms with van der Waals surface area (Å²) < 4.78 is 53.9. The standard InChI is InChI=1S/C12H14N2O5S2/c1-9-2-3-10(19-9)8-14-21(17,18)12-6-4-11(5-7-12)20(13,15)16/h2-7,14H,8H2,1H3,(H2,13,15,16). The maximum absolute atomic E-state index is 12.0. The Morgan fingerprint density at radius 3 is 2.05 bits per heavy atom. The second-order valence-electron chi connectivity index (χ2n) is 4.35. The molecule has 0 unspecified atom stereocenters. The SMILES string of the molecule is Cc1ccc(CNS(=O)(=O)c2ccc(S(N)(=O)=O)cc2)o1. The van der Waals surface area contributed by atoms with Crippen molar-refractivity contribution in [1.29, 1.82) is 0 Å². The molecule has 0 aliphatic carbocycles. The van der Waals surface area contributed by atoms with Crippen LogP contribution in [-0.2, 0) is 26.6 Å². The van der Waals surface area contributed by atoms with Crippen LogP contribution >= 0.6 is 0 Å². The smallest absolute Gasteiger partial charge is 0.240 e. The summed E-state index contributed by atoms with van der Waals surface area (Å²) >= 11 is 0. The average Bonchev–Trinajstić information content (AvgIpc) is 2.82. The highest BCUT2D eigenvalue weighted by atomic mass is 32.2. The molecule has 0 bridgehead atoms. The highest BCUT2D eigenvalue weighted by Crippen LogP contribution is 2.14. The zero-order valence-corrected chi connectivity index (χ0v) is 12.7. The minimum absolute atomic E-state index is 0.00706. The quantitative estimate of drug-likeness (QED) is 0.837. The number of nitrogens with two attached hydrogens (primary N) is 1. The van der Waals surface area contributed by atoms with Gasteiger partial charge >= 0.3 is 0 Å². The topological polar surface area (TPSA) is 119 Å². The van der Waals surface area contributed by atoms with Crippen LogP contribution in [-0.4, -0.2) is 16.8 Å². The molecular formula is C12H14N2O5S2. The van der Waals surface area contributed by atoms with Gasteiger partial charge in [-0.3, -0.25) is 0 Å². The lowest BCUT2D eigenvalue weighted by Gasteiger charge is -2.06. The summed E-state index contributed by atoms with van der Waals surface area (Å²) in [4.78, 5) is -0.207. The summed E-state index contributed by atoms with van der Waals surface area (Å²) in [7, 11) is -7.60. The minimum atomic E-state index is -3.85. The second-order valence-corrected chi connectivity index (χ2v) is 7.68. The highest BCUT2D eigenvalue weighted by Gasteiger charge is 2.16. The zero-order chi connectivity index (χ0) is 15.7. The molecule has 0 fully saturated rings. The van der Waals surface area contributed by atoms with E-state index in [0.29, 0.717) is 11.5 Å². The van der Waals surface area contributed by atoms with Gasteiger partial charge in [0.15, 0.2) is 0 Å². The van der Waals surface area contributed by atoms with E-state index in [1.165, 1.54) is 12.1 Å². The first-order valence-corrected chi connectivity index (χ1v) is 8.89. The molecule has 0 aliphatic heterocycles. The van der Waals surface area contributed by atoms with E-state index >= 15 is 0 Å². The summed E-state index contributed by atoms with van der Waals surface area (Å²) in [6, 6.07) is 8.03. The van der Waals surface area contributed by atoms with Crippen LogP contribution in [0, 0.1) is 6.92 Å². The number of hydrogen-bond acceptors (Lipinski definition) is 5. The summed E-state index contributed by atoms with van der Waals surface area (Å²) in [6.07, 6.45) is 0. The molecule has 0 atom stereocenters. The maximum atomic E-state index is 12.0. The molecule has 1 aromatic heterocycles. The van der Waals surface area contributed by atoms with Crippen LogP contribution in [0.25, 0.3) is 0 Å². The van der Waals surface area contributed by atoms with Gasteiger partial charge in [-0.1, -0.05) is 0 Å². The Hall–Kier alpha value is -1.68. The lowest BCUT2D eigenvalue weighted by atomic mass is 10.4. The number of benzene rings is 1. The molecule has 2 aromatic rings. The van der Waals surface area contributed by atoms with Crippen molar-refractivity contribution in [1.82, 2.24) is 4.72 Å². The highest BCUT2D eigenvalue weighted by molar-refractivity contribution is 7.89. The molecule has 114 valence electrons. The molecular weight excluding hydrogens is 316 g/mol. The molecule has 0 radical (unpaired) electrons. The van der Waals surface area contributed by atoms with Crippen molar-refractivity contribution in [3.63, 3.8) is 0 Å². The second kappa shape index (κ2) is 5.60. The number of nitrogens with one attached hydrogen (secondary N) is 1. The van der Waals surface area contributed by atoms with Gasteiger partial charge in [0.05, 0.1) is 16.3 Å². The third kappa shape index (κ3) is 3.91. The van der Waals surface area contributed by atoms with Gasteiger partial charge < -0.3 is 4.42 Å². The van der Waals surface area contributed by atoms with E-state index in [-0.39, 0.29) is 16.3 Å². The van der Waals surface area contributed by atoms with Crippen molar-refractivity contribution in [2.24, 2.45) is 5.14 Å². The summed E-state index contributed by atoms with van der Waals surface area (Å²) in [5.41, 5.74) is 0. The summed E-state index contributed by atoms with van der Waals surface area (Å²) in [6.45, 7) is 1.76. The van der Waals surface area contributed by atoms with Crippen LogP contribution in [0.4, 0.5) is 0 Å². The van der Waals surface area contributed by atoms with Crippen LogP contribution in [0.3, 0.4) is 0 Å². The fourth-order valence-corrected chi connectivity index (χ4v) is 3.15. The fourth-order valence-electron chi connectivity index (χ4n) is 1.64. The maximum Gasteiger partial charge on any atom is 0.240 e. The Labute approximate surface area is 122 Å². The number of primary sulfonamides is 1. The largest absolute Gasteiger partial charge is 0.465 e. The van der Waals surface area contributed by atoms with Gasteiger partial charge in [0, 0.05) is 0 Å². The third-order valence-electron chi connectivity index (χ3n) is 2.70. The Kier molecular flexibility index (Phi) is 4.19. The molecule has 2 rings (SSSR count). The average molecular weight is 330 g/mol. The van der Waals surface area contributed by atoms with Crippen LogP contribution in [0.2, 0.25) is 0 Å². The predicted molar refractivity (Wildman–Crippen MR) is 75.3 cm³/mol. The van der Waals surface area contributed by atoms with Crippen LogP contribution in [0.15, 0.2) is 50.6 Å².